The van der Waals surface area contributed by atoms with Gasteiger partial charge in [-0.1, -0.05) is 30.3 Å². The second-order valence-electron chi connectivity index (χ2n) is 5.00. The molecule has 1 rings (SSSR count). The largest absolute Gasteiger partial charge is 0.299 e. The van der Waals surface area contributed by atoms with Crippen molar-refractivity contribution in [2.24, 2.45) is 11.8 Å². The Hall–Kier alpha value is -2.04. The fourth-order valence-corrected chi connectivity index (χ4v) is 2.50. The van der Waals surface area contributed by atoms with Crippen molar-refractivity contribution in [2.75, 3.05) is 6.54 Å². The van der Waals surface area contributed by atoms with Crippen molar-refractivity contribution in [3.8, 4) is 0 Å². The maximum Gasteiger partial charge on any atom is 0.207 e. The van der Waals surface area contributed by atoms with Gasteiger partial charge in [0.1, 0.15) is 11.6 Å². The van der Waals surface area contributed by atoms with Crippen molar-refractivity contribution in [2.45, 2.75) is 26.7 Å². The third-order valence-electron chi connectivity index (χ3n) is 3.38. The molecule has 0 amide bonds. The first-order valence-corrected chi connectivity index (χ1v) is 6.58. The van der Waals surface area contributed by atoms with Crippen molar-refractivity contribution in [3.05, 3.63) is 46.0 Å². The van der Waals surface area contributed by atoms with E-state index in [4.69, 9.17) is 0 Å². The van der Waals surface area contributed by atoms with Gasteiger partial charge in [0.25, 0.3) is 0 Å². The molecule has 5 nitrogen and oxygen atoms in total. The molecule has 20 heavy (non-hydrogen) atoms. The Morgan fingerprint density at radius 2 is 1.70 bits per heavy atom. The number of ketones is 2. The van der Waals surface area contributed by atoms with Crippen molar-refractivity contribution >= 4 is 11.6 Å². The molecule has 0 saturated carbocycles. The highest BCUT2D eigenvalue weighted by Gasteiger charge is 2.32. The van der Waals surface area contributed by atoms with Crippen LogP contribution in [0.2, 0.25) is 0 Å². The van der Waals surface area contributed by atoms with E-state index in [1.807, 2.05) is 30.3 Å². The molecule has 0 unspecified atom stereocenters. The number of aryl methyl sites for hydroxylation is 1. The standard InChI is InChI=1S/C15H19NO4/c1-11(17)15(12(2)18)14(10-16(19)20)9-8-13-6-4-3-5-7-13/h3-7,14-15H,8-10H2,1-2H3/t14-/m1/s1. The van der Waals surface area contributed by atoms with Gasteiger partial charge < -0.3 is 0 Å². The molecule has 0 N–H and O–H groups in total. The lowest BCUT2D eigenvalue weighted by molar-refractivity contribution is -0.489. The van der Waals surface area contributed by atoms with Crippen LogP contribution in [-0.4, -0.2) is 23.0 Å². The van der Waals surface area contributed by atoms with Gasteiger partial charge >= 0.3 is 0 Å². The monoisotopic (exact) mass is 277 g/mol. The number of hydrogen-bond donors (Lipinski definition) is 0. The Labute approximate surface area is 118 Å². The Kier molecular flexibility index (Phi) is 6.03. The smallest absolute Gasteiger partial charge is 0.207 e. The average Bonchev–Trinajstić information content (AvgIpc) is 2.35. The molecule has 0 aliphatic carbocycles. The summed E-state index contributed by atoms with van der Waals surface area (Å²) >= 11 is 0. The maximum absolute atomic E-state index is 11.6. The summed E-state index contributed by atoms with van der Waals surface area (Å²) in [6.45, 7) is 2.29. The van der Waals surface area contributed by atoms with Gasteiger partial charge in [0, 0.05) is 10.8 Å². The summed E-state index contributed by atoms with van der Waals surface area (Å²) < 4.78 is 0. The fraction of sp³-hybridized carbons (Fsp3) is 0.467. The predicted octanol–water partition coefficient (Wildman–Crippen LogP) is 2.31. The first-order valence-electron chi connectivity index (χ1n) is 6.58. The van der Waals surface area contributed by atoms with E-state index in [-0.39, 0.29) is 18.1 Å². The Balaban J connectivity index is 2.80. The molecule has 1 atom stereocenters. The van der Waals surface area contributed by atoms with E-state index in [1.165, 1.54) is 13.8 Å². The lowest BCUT2D eigenvalue weighted by Gasteiger charge is -2.19. The second kappa shape index (κ2) is 7.53. The molecule has 0 aromatic heterocycles. The van der Waals surface area contributed by atoms with Crippen LogP contribution in [0.25, 0.3) is 0 Å². The molecule has 0 bridgehead atoms. The molecular weight excluding hydrogens is 258 g/mol. The van der Waals surface area contributed by atoms with Gasteiger partial charge in [-0.15, -0.1) is 0 Å². The van der Waals surface area contributed by atoms with Gasteiger partial charge in [-0.05, 0) is 32.3 Å². The second-order valence-corrected chi connectivity index (χ2v) is 5.00. The minimum absolute atomic E-state index is 0.294. The lowest BCUT2D eigenvalue weighted by atomic mass is 9.82. The minimum atomic E-state index is -0.871. The molecule has 1 aromatic carbocycles. The van der Waals surface area contributed by atoms with Crippen molar-refractivity contribution in [1.82, 2.24) is 0 Å². The van der Waals surface area contributed by atoms with Gasteiger partial charge in [-0.2, -0.15) is 0 Å². The fourth-order valence-electron chi connectivity index (χ4n) is 2.50. The molecule has 0 saturated heterocycles. The number of nitrogens with zero attached hydrogens (tertiary/aromatic N) is 1. The molecule has 1 aromatic rings. The number of carbonyl (C=O) groups is 2. The van der Waals surface area contributed by atoms with Crippen molar-refractivity contribution in [3.63, 3.8) is 0 Å². The number of hydrogen-bond acceptors (Lipinski definition) is 4. The highest BCUT2D eigenvalue weighted by Crippen LogP contribution is 2.21. The number of rotatable bonds is 8. The van der Waals surface area contributed by atoms with Crippen LogP contribution in [0.4, 0.5) is 0 Å². The van der Waals surface area contributed by atoms with Crippen LogP contribution < -0.4 is 0 Å². The lowest BCUT2D eigenvalue weighted by Crippen LogP contribution is -2.33. The van der Waals surface area contributed by atoms with E-state index in [9.17, 15) is 19.7 Å². The summed E-state index contributed by atoms with van der Waals surface area (Å²) in [5.74, 6) is -2.00. The first kappa shape index (κ1) is 16.0. The molecule has 0 fully saturated rings. The van der Waals surface area contributed by atoms with Gasteiger partial charge in [-0.25, -0.2) is 0 Å². The molecule has 5 heteroatoms. The van der Waals surface area contributed by atoms with Crippen LogP contribution in [0, 0.1) is 22.0 Å². The summed E-state index contributed by atoms with van der Waals surface area (Å²) in [7, 11) is 0. The summed E-state index contributed by atoms with van der Waals surface area (Å²) in [5, 5.41) is 10.8. The summed E-state index contributed by atoms with van der Waals surface area (Å²) in [6, 6.07) is 9.54. The van der Waals surface area contributed by atoms with Gasteiger partial charge in [0.2, 0.25) is 6.54 Å². The molecule has 0 spiro atoms. The van der Waals surface area contributed by atoms with Gasteiger partial charge in [0.15, 0.2) is 0 Å². The van der Waals surface area contributed by atoms with Gasteiger partial charge in [-0.3, -0.25) is 19.7 Å². The van der Waals surface area contributed by atoms with E-state index < -0.39 is 16.8 Å². The van der Waals surface area contributed by atoms with Crippen LogP contribution in [0.5, 0.6) is 0 Å². The van der Waals surface area contributed by atoms with E-state index in [2.05, 4.69) is 0 Å². The van der Waals surface area contributed by atoms with E-state index in [0.29, 0.717) is 12.8 Å². The van der Waals surface area contributed by atoms with Crippen molar-refractivity contribution < 1.29 is 14.5 Å². The van der Waals surface area contributed by atoms with Crippen LogP contribution in [0.3, 0.4) is 0 Å². The highest BCUT2D eigenvalue weighted by molar-refractivity contribution is 6.00. The third-order valence-corrected chi connectivity index (χ3v) is 3.38. The van der Waals surface area contributed by atoms with Gasteiger partial charge in [0.05, 0.1) is 5.92 Å². The molecule has 0 heterocycles. The van der Waals surface area contributed by atoms with Crippen LogP contribution in [0.1, 0.15) is 25.8 Å². The summed E-state index contributed by atoms with van der Waals surface area (Å²) in [5.41, 5.74) is 1.05. The molecule has 0 aliphatic rings. The molecular formula is C15H19NO4. The van der Waals surface area contributed by atoms with E-state index in [1.54, 1.807) is 0 Å². The van der Waals surface area contributed by atoms with E-state index >= 15 is 0 Å². The average molecular weight is 277 g/mol. The van der Waals surface area contributed by atoms with Crippen LogP contribution in [-0.2, 0) is 16.0 Å². The topological polar surface area (TPSA) is 77.3 Å². The third kappa shape index (κ3) is 4.91. The maximum atomic E-state index is 11.6. The predicted molar refractivity (Wildman–Crippen MR) is 75.0 cm³/mol. The van der Waals surface area contributed by atoms with E-state index in [0.717, 1.165) is 5.56 Å². The van der Waals surface area contributed by atoms with Crippen LogP contribution >= 0.6 is 0 Å². The zero-order valence-electron chi connectivity index (χ0n) is 11.7. The number of benzene rings is 1. The summed E-state index contributed by atoms with van der Waals surface area (Å²) in [4.78, 5) is 33.5. The zero-order chi connectivity index (χ0) is 15.1. The SMILES string of the molecule is CC(=O)C(C(C)=O)[C@H](CCc1ccccc1)C[N+](=O)[O-]. The number of Topliss-reactive ketones (excluding diaryl/α,β-unsaturated/α-hetero) is 2. The Bertz CT molecular complexity index is 470. The minimum Gasteiger partial charge on any atom is -0.299 e. The number of carbonyl (C=O) groups excluding carboxylic acids is 2. The normalized spacial score (nSPS) is 12.2. The molecule has 0 radical (unpaired) electrons. The molecule has 108 valence electrons. The van der Waals surface area contributed by atoms with Crippen molar-refractivity contribution in [1.29, 1.82) is 0 Å². The Morgan fingerprint density at radius 3 is 2.15 bits per heavy atom. The number of nitro groups is 1. The summed E-state index contributed by atoms with van der Waals surface area (Å²) in [6.07, 6.45) is 1.07. The quantitative estimate of drug-likeness (QED) is 0.415. The van der Waals surface area contributed by atoms with Crippen LogP contribution in [0.15, 0.2) is 30.3 Å². The first-order chi connectivity index (χ1) is 9.41. The highest BCUT2D eigenvalue weighted by atomic mass is 16.6. The molecule has 0 aliphatic heterocycles. The Morgan fingerprint density at radius 1 is 1.15 bits per heavy atom. The zero-order valence-corrected chi connectivity index (χ0v) is 11.7.